The maximum atomic E-state index is 13.1. The van der Waals surface area contributed by atoms with Gasteiger partial charge in [0.1, 0.15) is 10.8 Å². The van der Waals surface area contributed by atoms with Gasteiger partial charge in [0.15, 0.2) is 6.10 Å². The Kier molecular flexibility index (Phi) is 10.8. The summed E-state index contributed by atoms with van der Waals surface area (Å²) in [5.74, 6) is 0.122. The van der Waals surface area contributed by atoms with E-state index in [9.17, 15) is 26.4 Å². The molecule has 4 rings (SSSR count). The van der Waals surface area contributed by atoms with Gasteiger partial charge in [0, 0.05) is 53.8 Å². The zero-order chi connectivity index (χ0) is 31.4. The molecule has 1 aliphatic heterocycles. The summed E-state index contributed by atoms with van der Waals surface area (Å²) in [6.45, 7) is 7.55. The van der Waals surface area contributed by atoms with E-state index in [1.165, 1.54) is 34.7 Å². The minimum Gasteiger partial charge on any atom is -0.479 e. The van der Waals surface area contributed by atoms with Crippen LogP contribution in [0.2, 0.25) is 0 Å². The quantitative estimate of drug-likeness (QED) is 0.232. The number of thiazole rings is 1. The molecule has 43 heavy (non-hydrogen) atoms. The zero-order valence-electron chi connectivity index (χ0n) is 24.1. The number of aromatic nitrogens is 1. The molecule has 2 heterocycles. The average molecular weight is 658 g/mol. The lowest BCUT2D eigenvalue weighted by Gasteiger charge is -2.33. The number of thioether (sulfide) groups is 1. The number of nitrogens with zero attached hydrogens (tertiary/aromatic N) is 3. The SMILES string of the molecule is CCCS(=O)(=O)N1CCN(Cc2nc(-c3ccc(C(F)(F)F)cc3)sc2CSc2ccc(OC(C)C(=O)O)c(C)c2)CC1. The van der Waals surface area contributed by atoms with Crippen molar-refractivity contribution >= 4 is 39.1 Å². The molecule has 3 aromatic rings. The number of carboxylic acid groups (broad SMARTS) is 1. The third kappa shape index (κ3) is 8.72. The number of halogens is 3. The van der Waals surface area contributed by atoms with Gasteiger partial charge in [-0.25, -0.2) is 18.2 Å². The summed E-state index contributed by atoms with van der Waals surface area (Å²) in [4.78, 5) is 20.0. The Morgan fingerprint density at radius 2 is 1.81 bits per heavy atom. The van der Waals surface area contributed by atoms with Crippen molar-refractivity contribution in [1.82, 2.24) is 14.2 Å². The van der Waals surface area contributed by atoms with Gasteiger partial charge in [-0.3, -0.25) is 4.90 Å². The van der Waals surface area contributed by atoms with Crippen LogP contribution in [0.5, 0.6) is 5.75 Å². The van der Waals surface area contributed by atoms with Gasteiger partial charge in [-0.2, -0.15) is 17.5 Å². The number of benzene rings is 2. The predicted molar refractivity (Wildman–Crippen MR) is 162 cm³/mol. The van der Waals surface area contributed by atoms with E-state index in [4.69, 9.17) is 14.8 Å². The smallest absolute Gasteiger partial charge is 0.416 e. The number of carboxylic acids is 1. The highest BCUT2D eigenvalue weighted by atomic mass is 32.2. The number of carbonyl (C=O) groups is 1. The van der Waals surface area contributed by atoms with Crippen molar-refractivity contribution in [2.75, 3.05) is 31.9 Å². The molecule has 14 heteroatoms. The molecule has 1 aromatic heterocycles. The van der Waals surface area contributed by atoms with Gasteiger partial charge in [-0.05, 0) is 56.2 Å². The van der Waals surface area contributed by atoms with Crippen LogP contribution in [0.25, 0.3) is 10.6 Å². The summed E-state index contributed by atoms with van der Waals surface area (Å²) in [7, 11) is -3.27. The Labute approximate surface area is 257 Å². The van der Waals surface area contributed by atoms with Crippen LogP contribution in [-0.4, -0.2) is 71.7 Å². The van der Waals surface area contributed by atoms with Crippen LogP contribution in [0.4, 0.5) is 13.2 Å². The third-order valence-corrected chi connectivity index (χ3v) is 11.4. The number of alkyl halides is 3. The molecule has 0 saturated carbocycles. The first kappa shape index (κ1) is 33.2. The Morgan fingerprint density at radius 3 is 2.40 bits per heavy atom. The lowest BCUT2D eigenvalue weighted by atomic mass is 10.1. The van der Waals surface area contributed by atoms with Crippen LogP contribution in [0, 0.1) is 6.92 Å². The normalized spacial score (nSPS) is 15.9. The molecule has 234 valence electrons. The minimum atomic E-state index is -4.43. The van der Waals surface area contributed by atoms with E-state index in [0.29, 0.717) is 61.2 Å². The van der Waals surface area contributed by atoms with Crippen LogP contribution < -0.4 is 4.74 Å². The highest BCUT2D eigenvalue weighted by molar-refractivity contribution is 7.98. The standard InChI is InChI=1S/C29H34F3N3O5S3/c1-4-15-43(38,39)35-13-11-34(12-14-35)17-24-26(42-27(33-24)21-5-7-22(8-6-21)29(30,31)32)18-41-23-9-10-25(19(2)16-23)40-20(3)28(36)37/h5-10,16,20H,4,11-15,17-18H2,1-3H3,(H,36,37). The molecule has 1 atom stereocenters. The number of hydrogen-bond acceptors (Lipinski definition) is 8. The second-order valence-electron chi connectivity index (χ2n) is 10.3. The van der Waals surface area contributed by atoms with Gasteiger partial charge in [-0.1, -0.05) is 19.1 Å². The minimum absolute atomic E-state index is 0.127. The lowest BCUT2D eigenvalue weighted by Crippen LogP contribution is -2.48. The van der Waals surface area contributed by atoms with Crippen molar-refractivity contribution in [3.8, 4) is 16.3 Å². The van der Waals surface area contributed by atoms with Crippen molar-refractivity contribution in [2.24, 2.45) is 0 Å². The molecule has 0 aliphatic carbocycles. The van der Waals surface area contributed by atoms with Gasteiger partial charge >= 0.3 is 12.1 Å². The molecule has 0 radical (unpaired) electrons. The van der Waals surface area contributed by atoms with Gasteiger partial charge in [0.2, 0.25) is 10.0 Å². The van der Waals surface area contributed by atoms with E-state index >= 15 is 0 Å². The Bertz CT molecular complexity index is 1520. The summed E-state index contributed by atoms with van der Waals surface area (Å²) in [5, 5.41) is 9.75. The van der Waals surface area contributed by atoms with E-state index in [0.717, 1.165) is 33.2 Å². The highest BCUT2D eigenvalue weighted by Crippen LogP contribution is 2.36. The fourth-order valence-electron chi connectivity index (χ4n) is 4.54. The number of aliphatic carboxylic acids is 1. The van der Waals surface area contributed by atoms with Gasteiger partial charge in [0.25, 0.3) is 0 Å². The van der Waals surface area contributed by atoms with E-state index in [1.54, 1.807) is 17.8 Å². The van der Waals surface area contributed by atoms with Crippen molar-refractivity contribution in [2.45, 2.75) is 56.7 Å². The lowest BCUT2D eigenvalue weighted by molar-refractivity contribution is -0.144. The topological polar surface area (TPSA) is 100 Å². The van der Waals surface area contributed by atoms with Crippen LogP contribution in [0.3, 0.4) is 0 Å². The number of ether oxygens (including phenoxy) is 1. The first-order valence-corrected chi connectivity index (χ1v) is 17.2. The Morgan fingerprint density at radius 1 is 1.14 bits per heavy atom. The average Bonchev–Trinajstić information content (AvgIpc) is 3.35. The van der Waals surface area contributed by atoms with E-state index < -0.39 is 33.8 Å². The van der Waals surface area contributed by atoms with Crippen LogP contribution in [0.15, 0.2) is 47.4 Å². The number of sulfonamides is 1. The predicted octanol–water partition coefficient (Wildman–Crippen LogP) is 6.14. The monoisotopic (exact) mass is 657 g/mol. The van der Waals surface area contributed by atoms with E-state index in [2.05, 4.69) is 4.90 Å². The number of rotatable bonds is 12. The number of aryl methyl sites for hydroxylation is 1. The molecule has 1 fully saturated rings. The summed E-state index contributed by atoms with van der Waals surface area (Å²) in [6.07, 6.45) is -4.84. The summed E-state index contributed by atoms with van der Waals surface area (Å²) >= 11 is 2.99. The van der Waals surface area contributed by atoms with Crippen LogP contribution in [0.1, 0.15) is 42.0 Å². The van der Waals surface area contributed by atoms with Crippen LogP contribution >= 0.6 is 23.1 Å². The van der Waals surface area contributed by atoms with Crippen molar-refractivity contribution in [3.63, 3.8) is 0 Å². The highest BCUT2D eigenvalue weighted by Gasteiger charge is 2.30. The fraction of sp³-hybridized carbons (Fsp3) is 0.448. The zero-order valence-corrected chi connectivity index (χ0v) is 26.5. The van der Waals surface area contributed by atoms with Crippen molar-refractivity contribution in [3.05, 3.63) is 64.2 Å². The molecular weight excluding hydrogens is 624 g/mol. The van der Waals surface area contributed by atoms with Crippen LogP contribution in [-0.2, 0) is 33.3 Å². The molecule has 0 amide bonds. The maximum Gasteiger partial charge on any atom is 0.416 e. The van der Waals surface area contributed by atoms with E-state index in [1.807, 2.05) is 26.0 Å². The molecule has 2 aromatic carbocycles. The molecule has 8 nitrogen and oxygen atoms in total. The van der Waals surface area contributed by atoms with Crippen molar-refractivity contribution in [1.29, 1.82) is 0 Å². The number of piperazine rings is 1. The molecular formula is C29H34F3N3O5S3. The molecule has 1 N–H and O–H groups in total. The van der Waals surface area contributed by atoms with Crippen molar-refractivity contribution < 1.29 is 36.2 Å². The Balaban J connectivity index is 1.52. The number of hydrogen-bond donors (Lipinski definition) is 1. The first-order chi connectivity index (χ1) is 20.3. The summed E-state index contributed by atoms with van der Waals surface area (Å²) < 4.78 is 71.4. The first-order valence-electron chi connectivity index (χ1n) is 13.8. The fourth-order valence-corrected chi connectivity index (χ4v) is 8.21. The molecule has 1 unspecified atom stereocenters. The maximum absolute atomic E-state index is 13.1. The third-order valence-electron chi connectivity index (χ3n) is 6.97. The van der Waals surface area contributed by atoms with Gasteiger partial charge in [-0.15, -0.1) is 23.1 Å². The van der Waals surface area contributed by atoms with Gasteiger partial charge in [0.05, 0.1) is 17.0 Å². The molecule has 1 saturated heterocycles. The molecule has 1 aliphatic rings. The van der Waals surface area contributed by atoms with E-state index in [-0.39, 0.29) is 5.75 Å². The van der Waals surface area contributed by atoms with Gasteiger partial charge < -0.3 is 9.84 Å². The summed E-state index contributed by atoms with van der Waals surface area (Å²) in [5.41, 5.74) is 1.48. The molecule has 0 bridgehead atoms. The largest absolute Gasteiger partial charge is 0.479 e. The second-order valence-corrected chi connectivity index (χ2v) is 14.5. The second kappa shape index (κ2) is 14.0. The Hall–Kier alpha value is -2.65. The molecule has 0 spiro atoms. The summed E-state index contributed by atoms with van der Waals surface area (Å²) in [6, 6.07) is 10.5.